The summed E-state index contributed by atoms with van der Waals surface area (Å²) in [7, 11) is 1.57. The van der Waals surface area contributed by atoms with Gasteiger partial charge in [-0.3, -0.25) is 0 Å². The number of hydrogen-bond acceptors (Lipinski definition) is 4. The molecule has 1 aromatic rings. The van der Waals surface area contributed by atoms with Crippen LogP contribution in [-0.2, 0) is 9.47 Å². The fourth-order valence-corrected chi connectivity index (χ4v) is 2.33. The molecule has 1 unspecified atom stereocenters. The Morgan fingerprint density at radius 1 is 1.45 bits per heavy atom. The summed E-state index contributed by atoms with van der Waals surface area (Å²) in [5, 5.41) is 5.32. The second-order valence-corrected chi connectivity index (χ2v) is 5.22. The van der Waals surface area contributed by atoms with E-state index in [2.05, 4.69) is 10.6 Å². The van der Waals surface area contributed by atoms with Crippen molar-refractivity contribution in [3.8, 4) is 0 Å². The highest BCUT2D eigenvalue weighted by molar-refractivity contribution is 5.89. The number of nitrogens with one attached hydrogen (secondary N) is 2. The van der Waals surface area contributed by atoms with E-state index in [0.29, 0.717) is 44.3 Å². The van der Waals surface area contributed by atoms with Crippen molar-refractivity contribution in [2.45, 2.75) is 13.0 Å². The van der Waals surface area contributed by atoms with Crippen LogP contribution in [0.4, 0.5) is 20.6 Å². The number of amides is 2. The highest BCUT2D eigenvalue weighted by atomic mass is 19.1. The third kappa shape index (κ3) is 4.57. The van der Waals surface area contributed by atoms with Gasteiger partial charge in [-0.2, -0.15) is 0 Å². The Morgan fingerprint density at radius 3 is 2.82 bits per heavy atom. The molecule has 1 aliphatic rings. The van der Waals surface area contributed by atoms with Crippen LogP contribution in [0.1, 0.15) is 6.92 Å². The van der Waals surface area contributed by atoms with Gasteiger partial charge in [0.2, 0.25) is 0 Å². The molecule has 0 spiro atoms. The summed E-state index contributed by atoms with van der Waals surface area (Å²) in [5.74, 6) is -0.357. The summed E-state index contributed by atoms with van der Waals surface area (Å²) >= 11 is 0. The number of nitrogens with zero attached hydrogens (tertiary/aromatic N) is 1. The minimum absolute atomic E-state index is 0.123. The smallest absolute Gasteiger partial charge is 0.319 e. The van der Waals surface area contributed by atoms with E-state index in [-0.39, 0.29) is 17.9 Å². The molecule has 1 saturated heterocycles. The van der Waals surface area contributed by atoms with Crippen molar-refractivity contribution in [3.05, 3.63) is 24.0 Å². The molecule has 1 heterocycles. The number of rotatable bonds is 5. The first kappa shape index (κ1) is 16.5. The summed E-state index contributed by atoms with van der Waals surface area (Å²) in [6, 6.07) is 4.18. The van der Waals surface area contributed by atoms with Gasteiger partial charge in [-0.1, -0.05) is 0 Å². The fourth-order valence-electron chi connectivity index (χ4n) is 2.33. The Labute approximate surface area is 129 Å². The lowest BCUT2D eigenvalue weighted by Crippen LogP contribution is -2.38. The maximum absolute atomic E-state index is 14.2. The van der Waals surface area contributed by atoms with Crippen LogP contribution in [0.3, 0.4) is 0 Å². The second kappa shape index (κ2) is 7.95. The average molecular weight is 311 g/mol. The van der Waals surface area contributed by atoms with Gasteiger partial charge in [0.25, 0.3) is 0 Å². The zero-order valence-corrected chi connectivity index (χ0v) is 12.9. The number of carbonyl (C=O) groups is 1. The summed E-state index contributed by atoms with van der Waals surface area (Å²) in [4.78, 5) is 13.7. The number of carbonyl (C=O) groups excluding carboxylic acids is 1. The number of urea groups is 1. The Kier molecular flexibility index (Phi) is 5.97. The summed E-state index contributed by atoms with van der Waals surface area (Å²) in [5.41, 5.74) is 0.943. The number of hydrogen-bond donors (Lipinski definition) is 2. The van der Waals surface area contributed by atoms with Crippen LogP contribution in [0.25, 0.3) is 0 Å². The van der Waals surface area contributed by atoms with Crippen molar-refractivity contribution >= 4 is 17.4 Å². The van der Waals surface area contributed by atoms with Crippen molar-refractivity contribution in [1.82, 2.24) is 5.32 Å². The molecule has 2 rings (SSSR count). The van der Waals surface area contributed by atoms with Crippen LogP contribution in [0.2, 0.25) is 0 Å². The topological polar surface area (TPSA) is 62.8 Å². The van der Waals surface area contributed by atoms with E-state index in [1.54, 1.807) is 19.2 Å². The van der Waals surface area contributed by atoms with Crippen LogP contribution in [0.5, 0.6) is 0 Å². The highest BCUT2D eigenvalue weighted by Crippen LogP contribution is 2.23. The Bertz CT molecular complexity index is 507. The maximum Gasteiger partial charge on any atom is 0.319 e. The van der Waals surface area contributed by atoms with Crippen LogP contribution in [0, 0.1) is 5.82 Å². The predicted molar refractivity (Wildman–Crippen MR) is 82.9 cm³/mol. The Hall–Kier alpha value is -1.86. The van der Waals surface area contributed by atoms with E-state index in [0.717, 1.165) is 0 Å². The third-order valence-corrected chi connectivity index (χ3v) is 3.35. The maximum atomic E-state index is 14.2. The van der Waals surface area contributed by atoms with Gasteiger partial charge in [-0.25, -0.2) is 9.18 Å². The third-order valence-electron chi connectivity index (χ3n) is 3.35. The van der Waals surface area contributed by atoms with Gasteiger partial charge >= 0.3 is 6.03 Å². The minimum atomic E-state index is -0.386. The van der Waals surface area contributed by atoms with Crippen LogP contribution in [-0.4, -0.2) is 52.1 Å². The van der Waals surface area contributed by atoms with Crippen molar-refractivity contribution in [3.63, 3.8) is 0 Å². The molecule has 0 aromatic heterocycles. The quantitative estimate of drug-likeness (QED) is 0.871. The lowest BCUT2D eigenvalue weighted by atomic mass is 10.2. The molecule has 2 N–H and O–H groups in total. The van der Waals surface area contributed by atoms with Gasteiger partial charge in [0.05, 0.1) is 31.5 Å². The lowest BCUT2D eigenvalue weighted by Gasteiger charge is -2.29. The molecule has 1 aromatic carbocycles. The van der Waals surface area contributed by atoms with Crippen molar-refractivity contribution in [2.24, 2.45) is 0 Å². The molecule has 0 saturated carbocycles. The molecule has 22 heavy (non-hydrogen) atoms. The highest BCUT2D eigenvalue weighted by Gasteiger charge is 2.16. The minimum Gasteiger partial charge on any atom is -0.383 e. The zero-order chi connectivity index (χ0) is 15.9. The Balaban J connectivity index is 1.95. The molecule has 2 amide bonds. The molecule has 122 valence electrons. The number of anilines is 2. The number of methoxy groups -OCH3 is 1. The summed E-state index contributed by atoms with van der Waals surface area (Å²) < 4.78 is 24.4. The fraction of sp³-hybridized carbons (Fsp3) is 0.533. The van der Waals surface area contributed by atoms with Gasteiger partial charge in [0.1, 0.15) is 5.82 Å². The first-order chi connectivity index (χ1) is 10.6. The normalized spacial score (nSPS) is 16.2. The number of morpholine rings is 1. The molecule has 1 atom stereocenters. The van der Waals surface area contributed by atoms with E-state index in [1.807, 2.05) is 11.8 Å². The molecule has 1 aliphatic heterocycles. The van der Waals surface area contributed by atoms with Gasteiger partial charge in [-0.15, -0.1) is 0 Å². The van der Waals surface area contributed by atoms with Crippen LogP contribution < -0.4 is 15.5 Å². The van der Waals surface area contributed by atoms with Gasteiger partial charge < -0.3 is 25.0 Å². The van der Waals surface area contributed by atoms with E-state index >= 15 is 0 Å². The summed E-state index contributed by atoms with van der Waals surface area (Å²) in [6.45, 7) is 4.76. The van der Waals surface area contributed by atoms with Gasteiger partial charge in [0.15, 0.2) is 0 Å². The molecular weight excluding hydrogens is 289 g/mol. The first-order valence-electron chi connectivity index (χ1n) is 7.29. The van der Waals surface area contributed by atoms with E-state index in [1.165, 1.54) is 6.07 Å². The molecule has 7 heteroatoms. The van der Waals surface area contributed by atoms with E-state index in [4.69, 9.17) is 9.47 Å². The standard InChI is InChI=1S/C15H22FN3O3/c1-11(10-21-2)17-15(20)18-12-3-4-14(13(16)9-12)19-5-7-22-8-6-19/h3-4,9,11H,5-8,10H2,1-2H3,(H2,17,18,20). The second-order valence-electron chi connectivity index (χ2n) is 5.22. The predicted octanol–water partition coefficient (Wildman–Crippen LogP) is 1.82. The van der Waals surface area contributed by atoms with Gasteiger partial charge in [0, 0.05) is 25.9 Å². The molecule has 0 bridgehead atoms. The average Bonchev–Trinajstić information content (AvgIpc) is 2.48. The van der Waals surface area contributed by atoms with Crippen molar-refractivity contribution < 1.29 is 18.7 Å². The molecular formula is C15H22FN3O3. The monoisotopic (exact) mass is 311 g/mol. The molecule has 0 radical (unpaired) electrons. The molecule has 6 nitrogen and oxygen atoms in total. The van der Waals surface area contributed by atoms with Crippen LogP contribution in [0.15, 0.2) is 18.2 Å². The molecule has 1 fully saturated rings. The number of ether oxygens (including phenoxy) is 2. The zero-order valence-electron chi connectivity index (χ0n) is 12.9. The van der Waals surface area contributed by atoms with Crippen molar-refractivity contribution in [2.75, 3.05) is 50.2 Å². The Morgan fingerprint density at radius 2 is 2.18 bits per heavy atom. The van der Waals surface area contributed by atoms with E-state index in [9.17, 15) is 9.18 Å². The van der Waals surface area contributed by atoms with Crippen molar-refractivity contribution in [1.29, 1.82) is 0 Å². The summed E-state index contributed by atoms with van der Waals surface area (Å²) in [6.07, 6.45) is 0. The number of halogens is 1. The number of benzene rings is 1. The lowest BCUT2D eigenvalue weighted by molar-refractivity contribution is 0.122. The van der Waals surface area contributed by atoms with E-state index < -0.39 is 0 Å². The van der Waals surface area contributed by atoms with Gasteiger partial charge in [-0.05, 0) is 25.1 Å². The first-order valence-corrected chi connectivity index (χ1v) is 7.29. The largest absolute Gasteiger partial charge is 0.383 e. The SMILES string of the molecule is COCC(C)NC(=O)Nc1ccc(N2CCOCC2)c(F)c1. The van der Waals surface area contributed by atoms with Crippen LogP contribution >= 0.6 is 0 Å². The molecule has 0 aliphatic carbocycles.